The van der Waals surface area contributed by atoms with Gasteiger partial charge in [-0.1, -0.05) is 18.5 Å². The Bertz CT molecular complexity index is 1240. The van der Waals surface area contributed by atoms with Gasteiger partial charge in [0.25, 0.3) is 0 Å². The van der Waals surface area contributed by atoms with Crippen molar-refractivity contribution in [2.24, 2.45) is 0 Å². The molecule has 8 nitrogen and oxygen atoms in total. The van der Waals surface area contributed by atoms with Gasteiger partial charge in [-0.3, -0.25) is 4.79 Å². The molecule has 1 aliphatic carbocycles. The van der Waals surface area contributed by atoms with Crippen LogP contribution in [0.25, 0.3) is 0 Å². The van der Waals surface area contributed by atoms with Gasteiger partial charge < -0.3 is 19.3 Å². The van der Waals surface area contributed by atoms with Gasteiger partial charge >= 0.3 is 0 Å². The summed E-state index contributed by atoms with van der Waals surface area (Å²) in [6.45, 7) is 9.52. The van der Waals surface area contributed by atoms with E-state index in [2.05, 4.69) is 9.71 Å². The van der Waals surface area contributed by atoms with Gasteiger partial charge in [0, 0.05) is 17.5 Å². The molecule has 1 fully saturated rings. The number of hydrogen-bond donors (Lipinski definition) is 2. The monoisotopic (exact) mass is 564 g/mol. The summed E-state index contributed by atoms with van der Waals surface area (Å²) < 4.78 is 32.9. The third-order valence-corrected chi connectivity index (χ3v) is 9.00. The Labute approximate surface area is 232 Å². The molecule has 3 unspecified atom stereocenters. The fourth-order valence-electron chi connectivity index (χ4n) is 4.26. The molecule has 208 valence electrons. The number of fused-ring (bicyclic) bond motifs is 1. The molecular formula is C28H37ClN2O6S. The highest BCUT2D eigenvalue weighted by molar-refractivity contribution is 7.84. The number of rotatable bonds is 11. The average molecular weight is 565 g/mol. The molecule has 2 aliphatic rings. The van der Waals surface area contributed by atoms with E-state index in [9.17, 15) is 14.1 Å². The van der Waals surface area contributed by atoms with E-state index in [1.54, 1.807) is 38.3 Å². The number of aliphatic hydroxyl groups is 1. The van der Waals surface area contributed by atoms with Crippen molar-refractivity contribution in [1.82, 2.24) is 9.71 Å². The molecule has 2 N–H and O–H groups in total. The number of Topliss-reactive ketones (excluding diaryl/α,β-unsaturated/α-hetero) is 1. The zero-order chi connectivity index (χ0) is 27.9. The topological polar surface area (TPSA) is 107 Å². The molecule has 0 amide bonds. The number of ether oxygens (including phenoxy) is 3. The lowest BCUT2D eigenvalue weighted by atomic mass is 9.87. The maximum absolute atomic E-state index is 13.0. The van der Waals surface area contributed by atoms with Crippen molar-refractivity contribution in [3.63, 3.8) is 0 Å². The maximum Gasteiger partial charge on any atom is 0.171 e. The summed E-state index contributed by atoms with van der Waals surface area (Å²) in [5.41, 5.74) is -0.685. The summed E-state index contributed by atoms with van der Waals surface area (Å²) in [7, 11) is 0.182. The Hall–Kier alpha value is -2.20. The largest absolute Gasteiger partial charge is 0.493 e. The molecule has 1 aromatic carbocycles. The minimum atomic E-state index is -1.45. The van der Waals surface area contributed by atoms with Gasteiger partial charge in [-0.05, 0) is 77.6 Å². The van der Waals surface area contributed by atoms with E-state index < -0.39 is 26.9 Å². The van der Waals surface area contributed by atoms with Crippen LogP contribution in [0.15, 0.2) is 24.3 Å². The molecule has 1 saturated carbocycles. The lowest BCUT2D eigenvalue weighted by Crippen LogP contribution is -2.49. The molecule has 0 saturated heterocycles. The van der Waals surface area contributed by atoms with Crippen molar-refractivity contribution in [3.05, 3.63) is 46.2 Å². The van der Waals surface area contributed by atoms with E-state index in [0.717, 1.165) is 12.8 Å². The molecule has 2 heterocycles. The number of pyridine rings is 1. The second-order valence-electron chi connectivity index (χ2n) is 11.3. The van der Waals surface area contributed by atoms with Crippen molar-refractivity contribution >= 4 is 28.4 Å². The third-order valence-electron chi connectivity index (χ3n) is 7.05. The molecule has 38 heavy (non-hydrogen) atoms. The Kier molecular flexibility index (Phi) is 8.15. The first-order chi connectivity index (χ1) is 17.8. The van der Waals surface area contributed by atoms with Crippen molar-refractivity contribution in [2.75, 3.05) is 13.7 Å². The minimum absolute atomic E-state index is 0.0804. The van der Waals surface area contributed by atoms with E-state index in [4.69, 9.17) is 25.8 Å². The Morgan fingerprint density at radius 3 is 2.58 bits per heavy atom. The predicted molar refractivity (Wildman–Crippen MR) is 148 cm³/mol. The summed E-state index contributed by atoms with van der Waals surface area (Å²) in [5, 5.41) is 11.5. The Morgan fingerprint density at radius 2 is 1.97 bits per heavy atom. The molecule has 1 aromatic heterocycles. The molecule has 0 radical (unpaired) electrons. The van der Waals surface area contributed by atoms with Gasteiger partial charge in [0.2, 0.25) is 0 Å². The molecule has 0 bridgehead atoms. The number of methoxy groups -OCH3 is 1. The predicted octanol–water partition coefficient (Wildman–Crippen LogP) is 5.20. The van der Waals surface area contributed by atoms with Crippen LogP contribution in [-0.2, 0) is 22.1 Å². The van der Waals surface area contributed by atoms with E-state index >= 15 is 0 Å². The quantitative estimate of drug-likeness (QED) is 0.285. The lowest BCUT2D eigenvalue weighted by Gasteiger charge is -2.32. The van der Waals surface area contributed by atoms with Crippen molar-refractivity contribution in [1.29, 1.82) is 0 Å². The van der Waals surface area contributed by atoms with Gasteiger partial charge in [0.05, 0.1) is 40.2 Å². The van der Waals surface area contributed by atoms with Crippen molar-refractivity contribution < 1.29 is 28.3 Å². The molecular weight excluding hydrogens is 528 g/mol. The second kappa shape index (κ2) is 10.8. The summed E-state index contributed by atoms with van der Waals surface area (Å²) in [6, 6.07) is 6.90. The molecule has 0 spiro atoms. The van der Waals surface area contributed by atoms with Crippen LogP contribution < -0.4 is 18.9 Å². The third kappa shape index (κ3) is 6.01. The molecule has 3 atom stereocenters. The Balaban J connectivity index is 1.53. The summed E-state index contributed by atoms with van der Waals surface area (Å²) in [6.07, 6.45) is 3.05. The highest BCUT2D eigenvalue weighted by Crippen LogP contribution is 2.45. The molecule has 4 rings (SSSR count). The average Bonchev–Trinajstić information content (AvgIpc) is 3.61. The van der Waals surface area contributed by atoms with Crippen LogP contribution >= 0.6 is 11.6 Å². The van der Waals surface area contributed by atoms with Crippen molar-refractivity contribution in [2.45, 2.75) is 88.7 Å². The SMILES string of the molecule is CCC1(NS(=O)C(C)(C)C)COc2c1cc(C(C)(O)CCC(=O)c1ccc(OC3CC3)c(OC)c1)nc2Cl. The zero-order valence-corrected chi connectivity index (χ0v) is 24.4. The maximum atomic E-state index is 13.0. The van der Waals surface area contributed by atoms with Gasteiger partial charge in [-0.25, -0.2) is 13.9 Å². The standard InChI is InChI=1S/C28H37ClN2O6S/c1-7-28(31-38(34)26(2,3)4)16-36-24-19(28)15-23(30-25(24)29)27(5,33)13-12-20(32)17-8-11-21(22(14-17)35-6)37-18-9-10-18/h8,11,14-15,18,31,33H,7,9-10,12-13,16H2,1-6H3. The van der Waals surface area contributed by atoms with E-state index in [1.807, 2.05) is 27.7 Å². The first-order valence-electron chi connectivity index (χ1n) is 12.9. The highest BCUT2D eigenvalue weighted by atomic mass is 35.5. The smallest absolute Gasteiger partial charge is 0.171 e. The molecule has 1 aliphatic heterocycles. The Morgan fingerprint density at radius 1 is 1.26 bits per heavy atom. The van der Waals surface area contributed by atoms with Crippen LogP contribution in [0.2, 0.25) is 5.15 Å². The normalized spacial score (nSPS) is 21.3. The highest BCUT2D eigenvalue weighted by Gasteiger charge is 2.45. The van der Waals surface area contributed by atoms with E-state index in [0.29, 0.717) is 40.5 Å². The fourth-order valence-corrected chi connectivity index (χ4v) is 5.48. The van der Waals surface area contributed by atoms with Gasteiger partial charge in [0.15, 0.2) is 28.2 Å². The number of benzene rings is 1. The van der Waals surface area contributed by atoms with Crippen LogP contribution in [-0.4, -0.2) is 44.7 Å². The number of aromatic nitrogens is 1. The number of carbonyl (C=O) groups is 1. The number of hydrogen-bond acceptors (Lipinski definition) is 7. The summed E-state index contributed by atoms with van der Waals surface area (Å²) in [5.74, 6) is 1.42. The molecule has 10 heteroatoms. The minimum Gasteiger partial charge on any atom is -0.493 e. The number of halogens is 1. The van der Waals surface area contributed by atoms with Crippen LogP contribution in [0.3, 0.4) is 0 Å². The zero-order valence-electron chi connectivity index (χ0n) is 22.9. The van der Waals surface area contributed by atoms with Crippen LogP contribution in [0.1, 0.15) is 88.3 Å². The van der Waals surface area contributed by atoms with Crippen LogP contribution in [0, 0.1) is 0 Å². The van der Waals surface area contributed by atoms with Crippen LogP contribution in [0.4, 0.5) is 0 Å². The van der Waals surface area contributed by atoms with Gasteiger partial charge in [-0.15, -0.1) is 0 Å². The van der Waals surface area contributed by atoms with Gasteiger partial charge in [-0.2, -0.15) is 0 Å². The van der Waals surface area contributed by atoms with E-state index in [-0.39, 0.29) is 36.5 Å². The van der Waals surface area contributed by atoms with Crippen molar-refractivity contribution in [3.8, 4) is 17.2 Å². The molecule has 2 aromatic rings. The first-order valence-corrected chi connectivity index (χ1v) is 14.5. The lowest BCUT2D eigenvalue weighted by molar-refractivity contribution is 0.0395. The van der Waals surface area contributed by atoms with Gasteiger partial charge in [0.1, 0.15) is 12.2 Å². The first kappa shape index (κ1) is 28.8. The second-order valence-corrected chi connectivity index (χ2v) is 13.6. The number of carbonyl (C=O) groups excluding carboxylic acids is 1. The number of nitrogens with one attached hydrogen (secondary N) is 1. The van der Waals surface area contributed by atoms with E-state index in [1.165, 1.54) is 0 Å². The van der Waals surface area contributed by atoms with Crippen LogP contribution in [0.5, 0.6) is 17.2 Å². The fraction of sp³-hybridized carbons (Fsp3) is 0.571. The summed E-state index contributed by atoms with van der Waals surface area (Å²) in [4.78, 5) is 17.4. The number of nitrogens with zero attached hydrogens (tertiary/aromatic N) is 1. The number of ketones is 1. The summed E-state index contributed by atoms with van der Waals surface area (Å²) >= 11 is 6.50.